The summed E-state index contributed by atoms with van der Waals surface area (Å²) < 4.78 is 24.1. The van der Waals surface area contributed by atoms with E-state index in [1.165, 1.54) is 7.05 Å². The second-order valence-electron chi connectivity index (χ2n) is 3.44. The van der Waals surface area contributed by atoms with Crippen molar-refractivity contribution in [2.24, 2.45) is 5.92 Å². The molecule has 0 N–H and O–H groups in total. The third-order valence-corrected chi connectivity index (χ3v) is 5.00. The van der Waals surface area contributed by atoms with Gasteiger partial charge in [0, 0.05) is 7.05 Å². The summed E-state index contributed by atoms with van der Waals surface area (Å²) in [5, 5.41) is -0.505. The molecular weight excluding hydrogens is 190 g/mol. The molecule has 1 saturated heterocycles. The van der Waals surface area contributed by atoms with E-state index in [9.17, 15) is 13.2 Å². The van der Waals surface area contributed by atoms with E-state index in [1.54, 1.807) is 0 Å². The number of fused-ring (bicyclic) bond motifs is 1. The molecule has 72 valence electrons. The van der Waals surface area contributed by atoms with E-state index in [1.807, 2.05) is 12.2 Å². The Bertz CT molecular complexity index is 371. The van der Waals surface area contributed by atoms with Crippen molar-refractivity contribution in [2.45, 2.75) is 18.1 Å². The highest BCUT2D eigenvalue weighted by Crippen LogP contribution is 2.34. The van der Waals surface area contributed by atoms with Crippen LogP contribution in [-0.4, -0.2) is 30.9 Å². The quantitative estimate of drug-likeness (QED) is 0.523. The van der Waals surface area contributed by atoms with Crippen LogP contribution in [0.4, 0.5) is 0 Å². The van der Waals surface area contributed by atoms with Crippen molar-refractivity contribution in [3.05, 3.63) is 12.2 Å². The van der Waals surface area contributed by atoms with Gasteiger partial charge in [-0.1, -0.05) is 12.2 Å². The maximum atomic E-state index is 11.6. The van der Waals surface area contributed by atoms with Gasteiger partial charge in [-0.25, -0.2) is 12.7 Å². The predicted molar refractivity (Wildman–Crippen MR) is 47.3 cm³/mol. The van der Waals surface area contributed by atoms with Crippen molar-refractivity contribution in [1.82, 2.24) is 4.31 Å². The minimum Gasteiger partial charge on any atom is -0.273 e. The lowest BCUT2D eigenvalue weighted by Gasteiger charge is -2.15. The average molecular weight is 201 g/mol. The monoisotopic (exact) mass is 201 g/mol. The fourth-order valence-corrected chi connectivity index (χ4v) is 3.73. The average Bonchev–Trinajstić information content (AvgIpc) is 2.30. The summed E-state index contributed by atoms with van der Waals surface area (Å²) >= 11 is 0. The number of carbonyl (C=O) groups is 1. The van der Waals surface area contributed by atoms with Gasteiger partial charge in [0.15, 0.2) is 0 Å². The Balaban J connectivity index is 2.47. The van der Waals surface area contributed by atoms with Crippen molar-refractivity contribution in [2.75, 3.05) is 7.05 Å². The normalized spacial score (nSPS) is 36.4. The summed E-state index contributed by atoms with van der Waals surface area (Å²) in [6, 6.07) is 0. The molecule has 0 aromatic carbocycles. The zero-order valence-electron chi connectivity index (χ0n) is 7.30. The van der Waals surface area contributed by atoms with Gasteiger partial charge in [0.2, 0.25) is 15.9 Å². The Morgan fingerprint density at radius 2 is 2.00 bits per heavy atom. The molecule has 2 rings (SSSR count). The molecule has 0 aromatic heterocycles. The van der Waals surface area contributed by atoms with Gasteiger partial charge in [-0.2, -0.15) is 0 Å². The Labute approximate surface area is 77.3 Å². The lowest BCUT2D eigenvalue weighted by molar-refractivity contribution is -0.128. The third kappa shape index (κ3) is 1.03. The van der Waals surface area contributed by atoms with Crippen molar-refractivity contribution in [1.29, 1.82) is 0 Å². The van der Waals surface area contributed by atoms with E-state index in [-0.39, 0.29) is 11.8 Å². The Kier molecular flexibility index (Phi) is 1.73. The zero-order valence-corrected chi connectivity index (χ0v) is 8.12. The molecule has 0 bridgehead atoms. The molecular formula is C8H11NO3S. The number of hydrogen-bond donors (Lipinski definition) is 0. The minimum absolute atomic E-state index is 0.255. The van der Waals surface area contributed by atoms with E-state index in [0.29, 0.717) is 12.8 Å². The molecule has 0 saturated carbocycles. The van der Waals surface area contributed by atoms with Gasteiger partial charge in [-0.05, 0) is 12.8 Å². The van der Waals surface area contributed by atoms with Crippen LogP contribution >= 0.6 is 0 Å². The Morgan fingerprint density at radius 1 is 1.38 bits per heavy atom. The molecule has 1 aliphatic heterocycles. The van der Waals surface area contributed by atoms with Crippen molar-refractivity contribution < 1.29 is 13.2 Å². The number of hydrogen-bond acceptors (Lipinski definition) is 3. The van der Waals surface area contributed by atoms with Crippen LogP contribution in [0.5, 0.6) is 0 Å². The molecule has 0 radical (unpaired) electrons. The second-order valence-corrected chi connectivity index (χ2v) is 5.62. The van der Waals surface area contributed by atoms with Crippen LogP contribution in [0, 0.1) is 5.92 Å². The van der Waals surface area contributed by atoms with E-state index in [0.717, 1.165) is 4.31 Å². The summed E-state index contributed by atoms with van der Waals surface area (Å²) in [6.07, 6.45) is 4.76. The fourth-order valence-electron chi connectivity index (χ4n) is 1.94. The summed E-state index contributed by atoms with van der Waals surface area (Å²) in [5.74, 6) is -0.589. The van der Waals surface area contributed by atoms with Gasteiger partial charge in [-0.15, -0.1) is 0 Å². The molecule has 4 nitrogen and oxygen atoms in total. The lowest BCUT2D eigenvalue weighted by Crippen LogP contribution is -2.27. The molecule has 0 aromatic rings. The Morgan fingerprint density at radius 3 is 2.62 bits per heavy atom. The van der Waals surface area contributed by atoms with Crippen LogP contribution in [0.2, 0.25) is 0 Å². The first-order valence-electron chi connectivity index (χ1n) is 4.21. The maximum Gasteiger partial charge on any atom is 0.241 e. The van der Waals surface area contributed by atoms with Gasteiger partial charge in [0.25, 0.3) is 0 Å². The first-order chi connectivity index (χ1) is 6.05. The first-order valence-corrected chi connectivity index (χ1v) is 5.72. The number of rotatable bonds is 0. The Hall–Kier alpha value is -0.840. The number of amides is 1. The van der Waals surface area contributed by atoms with E-state index in [4.69, 9.17) is 0 Å². The van der Waals surface area contributed by atoms with E-state index in [2.05, 4.69) is 0 Å². The number of allylic oxidation sites excluding steroid dienone is 2. The molecule has 1 amide bonds. The predicted octanol–water partition coefficient (Wildman–Crippen LogP) is 0.123. The lowest BCUT2D eigenvalue weighted by atomic mass is 9.93. The highest BCUT2D eigenvalue weighted by Gasteiger charge is 2.50. The number of sulfonamides is 1. The highest BCUT2D eigenvalue weighted by molar-refractivity contribution is 7.90. The number of nitrogens with zero attached hydrogens (tertiary/aromatic N) is 1. The molecule has 1 fully saturated rings. The van der Waals surface area contributed by atoms with Gasteiger partial charge >= 0.3 is 0 Å². The van der Waals surface area contributed by atoms with Crippen LogP contribution in [0.1, 0.15) is 12.8 Å². The van der Waals surface area contributed by atoms with Crippen LogP contribution < -0.4 is 0 Å². The van der Waals surface area contributed by atoms with E-state index >= 15 is 0 Å². The molecule has 0 spiro atoms. The fraction of sp³-hybridized carbons (Fsp3) is 0.625. The summed E-state index contributed by atoms with van der Waals surface area (Å²) in [5.41, 5.74) is 0. The first kappa shape index (κ1) is 8.74. The molecule has 1 aliphatic carbocycles. The molecule has 2 aliphatic rings. The summed E-state index contributed by atoms with van der Waals surface area (Å²) in [6.45, 7) is 0. The maximum absolute atomic E-state index is 11.6. The summed E-state index contributed by atoms with van der Waals surface area (Å²) in [7, 11) is -2.00. The number of carbonyl (C=O) groups excluding carboxylic acids is 1. The third-order valence-electron chi connectivity index (χ3n) is 2.77. The summed E-state index contributed by atoms with van der Waals surface area (Å²) in [4.78, 5) is 11.5. The minimum atomic E-state index is -3.34. The van der Waals surface area contributed by atoms with Gasteiger partial charge in [-0.3, -0.25) is 4.79 Å². The molecule has 13 heavy (non-hydrogen) atoms. The van der Waals surface area contributed by atoms with Crippen LogP contribution in [0.15, 0.2) is 12.2 Å². The van der Waals surface area contributed by atoms with Gasteiger partial charge < -0.3 is 0 Å². The topological polar surface area (TPSA) is 54.5 Å². The SMILES string of the molecule is CN1C(=O)C2CC=CCC2S1(=O)=O. The molecule has 1 heterocycles. The second kappa shape index (κ2) is 2.57. The van der Waals surface area contributed by atoms with Crippen LogP contribution in [0.3, 0.4) is 0 Å². The molecule has 2 unspecified atom stereocenters. The van der Waals surface area contributed by atoms with Gasteiger partial charge in [0.1, 0.15) is 0 Å². The van der Waals surface area contributed by atoms with Crippen LogP contribution in [-0.2, 0) is 14.8 Å². The largest absolute Gasteiger partial charge is 0.273 e. The van der Waals surface area contributed by atoms with Crippen LogP contribution in [0.25, 0.3) is 0 Å². The smallest absolute Gasteiger partial charge is 0.241 e. The van der Waals surface area contributed by atoms with Crippen molar-refractivity contribution >= 4 is 15.9 Å². The standard InChI is InChI=1S/C8H11NO3S/c1-9-8(10)6-4-2-3-5-7(6)13(9,11)12/h2-3,6-7H,4-5H2,1H3. The molecule has 5 heteroatoms. The molecule has 2 atom stereocenters. The van der Waals surface area contributed by atoms with Crippen molar-refractivity contribution in [3.8, 4) is 0 Å². The van der Waals surface area contributed by atoms with Crippen molar-refractivity contribution in [3.63, 3.8) is 0 Å². The zero-order chi connectivity index (χ0) is 9.64. The highest BCUT2D eigenvalue weighted by atomic mass is 32.2. The van der Waals surface area contributed by atoms with Gasteiger partial charge in [0.05, 0.1) is 11.2 Å². The van der Waals surface area contributed by atoms with E-state index < -0.39 is 15.3 Å².